The van der Waals surface area contributed by atoms with Gasteiger partial charge in [0.2, 0.25) is 0 Å². The van der Waals surface area contributed by atoms with Gasteiger partial charge in [-0.2, -0.15) is 0 Å². The van der Waals surface area contributed by atoms with Crippen molar-refractivity contribution in [3.63, 3.8) is 0 Å². The van der Waals surface area contributed by atoms with Crippen LogP contribution in [0.15, 0.2) is 41.4 Å². The molecule has 3 aromatic rings. The van der Waals surface area contributed by atoms with Crippen LogP contribution in [0.1, 0.15) is 6.92 Å². The van der Waals surface area contributed by atoms with E-state index in [0.717, 1.165) is 35.0 Å². The lowest BCUT2D eigenvalue weighted by molar-refractivity contribution is 0.602. The molecule has 96 valence electrons. The predicted octanol–water partition coefficient (Wildman–Crippen LogP) is 2.79. The van der Waals surface area contributed by atoms with Gasteiger partial charge in [0.05, 0.1) is 0 Å². The Balaban J connectivity index is 1.85. The zero-order chi connectivity index (χ0) is 13.1. The minimum Gasteiger partial charge on any atom is -0.443 e. The Kier molecular flexibility index (Phi) is 2.97. The van der Waals surface area contributed by atoms with E-state index < -0.39 is 0 Å². The van der Waals surface area contributed by atoms with Crippen molar-refractivity contribution in [2.45, 2.75) is 6.92 Å². The molecular weight excluding hydrogens is 242 g/mol. The largest absolute Gasteiger partial charge is 0.443 e. The Bertz CT molecular complexity index is 694. The molecule has 0 saturated heterocycles. The lowest BCUT2D eigenvalue weighted by Crippen LogP contribution is -2.01. The van der Waals surface area contributed by atoms with Gasteiger partial charge < -0.3 is 15.1 Å². The van der Waals surface area contributed by atoms with Crippen LogP contribution in [0, 0.1) is 0 Å². The molecule has 0 radical (unpaired) electrons. The predicted molar refractivity (Wildman–Crippen MR) is 73.5 cm³/mol. The molecule has 2 heterocycles. The molecule has 0 aliphatic rings. The van der Waals surface area contributed by atoms with Crippen molar-refractivity contribution >= 4 is 28.4 Å². The maximum atomic E-state index is 5.26. The van der Waals surface area contributed by atoms with Gasteiger partial charge in [-0.1, -0.05) is 0 Å². The van der Waals surface area contributed by atoms with Gasteiger partial charge in [0, 0.05) is 24.4 Å². The number of hydrogen-bond donors (Lipinski definition) is 2. The molecule has 2 aromatic heterocycles. The van der Waals surface area contributed by atoms with Gasteiger partial charge in [0.15, 0.2) is 12.0 Å². The van der Waals surface area contributed by atoms with E-state index in [4.69, 9.17) is 4.42 Å². The number of hydrogen-bond acceptors (Lipinski definition) is 6. The van der Waals surface area contributed by atoms with E-state index in [0.29, 0.717) is 0 Å². The molecule has 0 unspecified atom stereocenters. The summed E-state index contributed by atoms with van der Waals surface area (Å²) in [5, 5.41) is 6.35. The molecule has 3 rings (SSSR count). The number of benzene rings is 1. The number of aromatic nitrogens is 3. The Hall–Kier alpha value is -2.63. The first-order valence-electron chi connectivity index (χ1n) is 6.01. The average Bonchev–Trinajstić information content (AvgIpc) is 2.87. The summed E-state index contributed by atoms with van der Waals surface area (Å²) in [5.41, 5.74) is 2.47. The number of nitrogens with one attached hydrogen (secondary N) is 2. The minimum absolute atomic E-state index is 0.727. The summed E-state index contributed by atoms with van der Waals surface area (Å²) in [6.07, 6.45) is 2.95. The van der Waals surface area contributed by atoms with Crippen LogP contribution < -0.4 is 10.6 Å². The molecule has 6 nitrogen and oxygen atoms in total. The molecule has 0 amide bonds. The van der Waals surface area contributed by atoms with Gasteiger partial charge in [-0.25, -0.2) is 15.0 Å². The summed E-state index contributed by atoms with van der Waals surface area (Å²) < 4.78 is 5.26. The molecular formula is C13H13N5O. The topological polar surface area (TPSA) is 75.9 Å². The van der Waals surface area contributed by atoms with Crippen molar-refractivity contribution < 1.29 is 4.42 Å². The molecule has 1 aromatic carbocycles. The Morgan fingerprint density at radius 3 is 2.89 bits per heavy atom. The second-order valence-corrected chi connectivity index (χ2v) is 3.98. The first-order valence-corrected chi connectivity index (χ1v) is 6.01. The summed E-state index contributed by atoms with van der Waals surface area (Å²) in [5.74, 6) is 1.52. The van der Waals surface area contributed by atoms with Crippen molar-refractivity contribution in [3.05, 3.63) is 37.0 Å². The molecule has 0 bridgehead atoms. The molecule has 2 N–H and O–H groups in total. The number of rotatable bonds is 4. The van der Waals surface area contributed by atoms with E-state index in [9.17, 15) is 0 Å². The van der Waals surface area contributed by atoms with Gasteiger partial charge in [-0.15, -0.1) is 0 Å². The van der Waals surface area contributed by atoms with Crippen molar-refractivity contribution in [2.75, 3.05) is 17.2 Å². The average molecular weight is 255 g/mol. The summed E-state index contributed by atoms with van der Waals surface area (Å²) >= 11 is 0. The highest BCUT2D eigenvalue weighted by molar-refractivity contribution is 5.78. The molecule has 0 atom stereocenters. The van der Waals surface area contributed by atoms with Crippen LogP contribution in [0.4, 0.5) is 17.3 Å². The lowest BCUT2D eigenvalue weighted by atomic mass is 10.3. The van der Waals surface area contributed by atoms with Crippen molar-refractivity contribution in [1.29, 1.82) is 0 Å². The first-order chi connectivity index (χ1) is 9.35. The smallest absolute Gasteiger partial charge is 0.181 e. The zero-order valence-corrected chi connectivity index (χ0v) is 10.4. The fraction of sp³-hybridized carbons (Fsp3) is 0.154. The summed E-state index contributed by atoms with van der Waals surface area (Å²) in [7, 11) is 0. The van der Waals surface area contributed by atoms with Crippen LogP contribution in [0.5, 0.6) is 0 Å². The van der Waals surface area contributed by atoms with Crippen LogP contribution in [0.3, 0.4) is 0 Å². The van der Waals surface area contributed by atoms with Gasteiger partial charge in [-0.05, 0) is 19.1 Å². The second-order valence-electron chi connectivity index (χ2n) is 3.98. The molecule has 6 heteroatoms. The highest BCUT2D eigenvalue weighted by Gasteiger charge is 2.02. The van der Waals surface area contributed by atoms with Gasteiger partial charge >= 0.3 is 0 Å². The normalized spacial score (nSPS) is 10.6. The van der Waals surface area contributed by atoms with E-state index in [1.165, 1.54) is 12.7 Å². The Morgan fingerprint density at radius 2 is 2.00 bits per heavy atom. The Labute approximate surface area is 109 Å². The molecule has 0 spiro atoms. The maximum absolute atomic E-state index is 5.26. The summed E-state index contributed by atoms with van der Waals surface area (Å²) in [4.78, 5) is 12.4. The van der Waals surface area contributed by atoms with E-state index in [2.05, 4.69) is 25.6 Å². The molecule has 0 aliphatic carbocycles. The highest BCUT2D eigenvalue weighted by atomic mass is 16.3. The minimum atomic E-state index is 0.727. The van der Waals surface area contributed by atoms with Crippen molar-refractivity contribution in [3.8, 4) is 0 Å². The van der Waals surface area contributed by atoms with E-state index >= 15 is 0 Å². The van der Waals surface area contributed by atoms with Crippen LogP contribution in [-0.2, 0) is 0 Å². The van der Waals surface area contributed by atoms with Crippen LogP contribution >= 0.6 is 0 Å². The van der Waals surface area contributed by atoms with Crippen LogP contribution in [0.2, 0.25) is 0 Å². The third kappa shape index (κ3) is 2.47. The summed E-state index contributed by atoms with van der Waals surface area (Å²) in [6.45, 7) is 2.84. The van der Waals surface area contributed by atoms with Gasteiger partial charge in [0.1, 0.15) is 23.5 Å². The van der Waals surface area contributed by atoms with Gasteiger partial charge in [-0.3, -0.25) is 0 Å². The van der Waals surface area contributed by atoms with E-state index in [1.54, 1.807) is 0 Å². The number of fused-ring (bicyclic) bond motifs is 1. The highest BCUT2D eigenvalue weighted by Crippen LogP contribution is 2.21. The standard InChI is InChI=1S/C13H13N5O/c1-2-14-12-6-13(16-7-15-12)18-9-3-4-10-11(5-9)19-8-17-10/h3-8H,2H2,1H3,(H2,14,15,16,18). The summed E-state index contributed by atoms with van der Waals surface area (Å²) in [6, 6.07) is 7.57. The fourth-order valence-corrected chi connectivity index (χ4v) is 1.78. The zero-order valence-electron chi connectivity index (χ0n) is 10.4. The molecule has 0 aliphatic heterocycles. The fourth-order valence-electron chi connectivity index (χ4n) is 1.78. The van der Waals surface area contributed by atoms with E-state index in [-0.39, 0.29) is 0 Å². The lowest BCUT2D eigenvalue weighted by Gasteiger charge is -2.07. The van der Waals surface area contributed by atoms with Crippen LogP contribution in [-0.4, -0.2) is 21.5 Å². The third-order valence-electron chi connectivity index (χ3n) is 2.63. The number of nitrogens with zero attached hydrogens (tertiary/aromatic N) is 3. The molecule has 19 heavy (non-hydrogen) atoms. The SMILES string of the molecule is CCNc1cc(Nc2ccc3ncoc3c2)ncn1. The number of anilines is 3. The third-order valence-corrected chi connectivity index (χ3v) is 2.63. The molecule has 0 saturated carbocycles. The van der Waals surface area contributed by atoms with Crippen LogP contribution in [0.25, 0.3) is 11.1 Å². The quantitative estimate of drug-likeness (QED) is 0.746. The second kappa shape index (κ2) is 4.93. The monoisotopic (exact) mass is 255 g/mol. The van der Waals surface area contributed by atoms with E-state index in [1.807, 2.05) is 31.2 Å². The first kappa shape index (κ1) is 11.5. The maximum Gasteiger partial charge on any atom is 0.181 e. The molecule has 0 fully saturated rings. The van der Waals surface area contributed by atoms with Crippen molar-refractivity contribution in [1.82, 2.24) is 15.0 Å². The van der Waals surface area contributed by atoms with Crippen molar-refractivity contribution in [2.24, 2.45) is 0 Å². The van der Waals surface area contributed by atoms with Gasteiger partial charge in [0.25, 0.3) is 0 Å². The Morgan fingerprint density at radius 1 is 1.11 bits per heavy atom. The number of oxazole rings is 1.